The lowest BCUT2D eigenvalue weighted by Crippen LogP contribution is -2.56. The van der Waals surface area contributed by atoms with Gasteiger partial charge in [-0.05, 0) is 34.8 Å². The van der Waals surface area contributed by atoms with Gasteiger partial charge in [0.05, 0.1) is 6.07 Å². The van der Waals surface area contributed by atoms with Gasteiger partial charge in [-0.25, -0.2) is 0 Å². The van der Waals surface area contributed by atoms with Crippen LogP contribution in [0.4, 0.5) is 19.0 Å². The number of halogens is 3. The average molecular weight is 452 g/mol. The van der Waals surface area contributed by atoms with Gasteiger partial charge >= 0.3 is 6.18 Å². The number of amides is 2. The van der Waals surface area contributed by atoms with Crippen molar-refractivity contribution in [1.82, 2.24) is 20.4 Å². The predicted molar refractivity (Wildman–Crippen MR) is 109 cm³/mol. The van der Waals surface area contributed by atoms with Gasteiger partial charge in [-0.15, -0.1) is 10.2 Å². The second-order valence-corrected chi connectivity index (χ2v) is 10.0. The Morgan fingerprint density at radius 2 is 1.94 bits per heavy atom. The number of hydrogen-bond donors (Lipinski definition) is 2. The largest absolute Gasteiger partial charge is 0.435 e. The highest BCUT2D eigenvalue weighted by molar-refractivity contribution is 5.93. The van der Waals surface area contributed by atoms with Crippen LogP contribution < -0.4 is 10.6 Å². The first-order valence-electron chi connectivity index (χ1n) is 10.3. The monoisotopic (exact) mass is 452 g/mol. The van der Waals surface area contributed by atoms with E-state index < -0.39 is 29.4 Å². The molecule has 0 spiro atoms. The predicted octanol–water partition coefficient (Wildman–Crippen LogP) is 2.44. The SMILES string of the molecule is CC(C)(C)[C@H](Nc1ccc(C(F)(F)F)nn1)C(=O)N1C[C@H]2[C@@H]([C@H]1C(=O)NCC#N)C2(C)C. The third-order valence-electron chi connectivity index (χ3n) is 6.46. The van der Waals surface area contributed by atoms with Crippen LogP contribution in [0, 0.1) is 34.0 Å². The molecule has 174 valence electrons. The molecule has 3 rings (SSSR count). The third-order valence-corrected chi connectivity index (χ3v) is 6.46. The molecule has 8 nitrogen and oxygen atoms in total. The van der Waals surface area contributed by atoms with E-state index in [1.807, 2.05) is 40.7 Å². The minimum atomic E-state index is -4.61. The summed E-state index contributed by atoms with van der Waals surface area (Å²) in [5, 5.41) is 21.1. The minimum Gasteiger partial charge on any atom is -0.356 e. The number of hydrogen-bond acceptors (Lipinski definition) is 6. The molecule has 1 saturated heterocycles. The topological polar surface area (TPSA) is 111 Å². The maximum absolute atomic E-state index is 13.6. The van der Waals surface area contributed by atoms with Crippen LogP contribution >= 0.6 is 0 Å². The molecule has 1 saturated carbocycles. The molecule has 11 heteroatoms. The molecule has 2 heterocycles. The normalized spacial score (nSPS) is 24.8. The van der Waals surface area contributed by atoms with Crippen molar-refractivity contribution in [3.8, 4) is 6.07 Å². The van der Waals surface area contributed by atoms with E-state index in [0.29, 0.717) is 6.54 Å². The first kappa shape index (κ1) is 23.8. The van der Waals surface area contributed by atoms with E-state index in [4.69, 9.17) is 5.26 Å². The van der Waals surface area contributed by atoms with E-state index >= 15 is 0 Å². The maximum atomic E-state index is 13.6. The van der Waals surface area contributed by atoms with Gasteiger partial charge < -0.3 is 15.5 Å². The lowest BCUT2D eigenvalue weighted by Gasteiger charge is -2.37. The Hall–Kier alpha value is -2.90. The summed E-state index contributed by atoms with van der Waals surface area (Å²) < 4.78 is 38.3. The van der Waals surface area contributed by atoms with Crippen molar-refractivity contribution in [2.75, 3.05) is 18.4 Å². The van der Waals surface area contributed by atoms with Crippen molar-refractivity contribution >= 4 is 17.6 Å². The van der Waals surface area contributed by atoms with Gasteiger partial charge in [0.1, 0.15) is 24.4 Å². The smallest absolute Gasteiger partial charge is 0.356 e. The van der Waals surface area contributed by atoms with Gasteiger partial charge in [-0.1, -0.05) is 34.6 Å². The number of alkyl halides is 3. The molecule has 4 atom stereocenters. The zero-order valence-corrected chi connectivity index (χ0v) is 18.6. The summed E-state index contributed by atoms with van der Waals surface area (Å²) in [4.78, 5) is 27.9. The van der Waals surface area contributed by atoms with Crippen LogP contribution in [0.1, 0.15) is 40.3 Å². The summed E-state index contributed by atoms with van der Waals surface area (Å²) in [6.45, 7) is 9.77. The Balaban J connectivity index is 1.84. The number of likely N-dealkylation sites (tertiary alicyclic amines) is 1. The van der Waals surface area contributed by atoms with Gasteiger partial charge in [0.25, 0.3) is 0 Å². The molecule has 0 bridgehead atoms. The first-order chi connectivity index (χ1) is 14.7. The molecule has 1 aliphatic carbocycles. The molecule has 0 unspecified atom stereocenters. The van der Waals surface area contributed by atoms with Crippen molar-refractivity contribution in [2.45, 2.75) is 52.9 Å². The highest BCUT2D eigenvalue weighted by Gasteiger charge is 2.69. The molecule has 0 aromatic carbocycles. The van der Waals surface area contributed by atoms with Gasteiger partial charge in [0.2, 0.25) is 11.8 Å². The number of carbonyl (C=O) groups is 2. The molecule has 2 aliphatic rings. The number of piperidine rings is 1. The highest BCUT2D eigenvalue weighted by Crippen LogP contribution is 2.65. The molecule has 1 aliphatic heterocycles. The van der Waals surface area contributed by atoms with Crippen LogP contribution in [0.15, 0.2) is 12.1 Å². The van der Waals surface area contributed by atoms with E-state index in [2.05, 4.69) is 20.8 Å². The fourth-order valence-electron chi connectivity index (χ4n) is 4.57. The van der Waals surface area contributed by atoms with Crippen LogP contribution in [0.25, 0.3) is 0 Å². The zero-order chi connectivity index (χ0) is 24.1. The second kappa shape index (κ2) is 7.90. The summed E-state index contributed by atoms with van der Waals surface area (Å²) in [6.07, 6.45) is -4.61. The number of carbonyl (C=O) groups excluding carboxylic acids is 2. The number of anilines is 1. The quantitative estimate of drug-likeness (QED) is 0.664. The van der Waals surface area contributed by atoms with Crippen LogP contribution in [-0.2, 0) is 15.8 Å². The molecule has 2 fully saturated rings. The van der Waals surface area contributed by atoms with E-state index in [1.165, 1.54) is 4.90 Å². The number of aromatic nitrogens is 2. The van der Waals surface area contributed by atoms with Crippen molar-refractivity contribution in [3.05, 3.63) is 17.8 Å². The number of fused-ring (bicyclic) bond motifs is 1. The molecule has 2 N–H and O–H groups in total. The van der Waals surface area contributed by atoms with Gasteiger partial charge in [-0.2, -0.15) is 18.4 Å². The van der Waals surface area contributed by atoms with Crippen LogP contribution in [0.3, 0.4) is 0 Å². The molecule has 2 amide bonds. The number of nitrogens with one attached hydrogen (secondary N) is 2. The number of nitriles is 1. The Morgan fingerprint density at radius 3 is 2.44 bits per heavy atom. The van der Waals surface area contributed by atoms with Crippen molar-refractivity contribution in [2.24, 2.45) is 22.7 Å². The van der Waals surface area contributed by atoms with Gasteiger partial charge in [-0.3, -0.25) is 9.59 Å². The minimum absolute atomic E-state index is 0.0170. The van der Waals surface area contributed by atoms with Crippen molar-refractivity contribution in [1.29, 1.82) is 5.26 Å². The Labute approximate surface area is 184 Å². The van der Waals surface area contributed by atoms with E-state index in [1.54, 1.807) is 0 Å². The Morgan fingerprint density at radius 1 is 1.28 bits per heavy atom. The van der Waals surface area contributed by atoms with E-state index in [9.17, 15) is 22.8 Å². The molecule has 32 heavy (non-hydrogen) atoms. The van der Waals surface area contributed by atoms with Gasteiger partial charge in [0.15, 0.2) is 5.69 Å². The molecule has 0 radical (unpaired) electrons. The van der Waals surface area contributed by atoms with Crippen molar-refractivity contribution < 1.29 is 22.8 Å². The summed E-state index contributed by atoms with van der Waals surface area (Å²) in [5.74, 6) is -0.548. The highest BCUT2D eigenvalue weighted by atomic mass is 19.4. The average Bonchev–Trinajstić information content (AvgIpc) is 3.03. The zero-order valence-electron chi connectivity index (χ0n) is 18.6. The Bertz CT molecular complexity index is 933. The van der Waals surface area contributed by atoms with Crippen molar-refractivity contribution in [3.63, 3.8) is 0 Å². The van der Waals surface area contributed by atoms with E-state index in [0.717, 1.165) is 12.1 Å². The summed E-state index contributed by atoms with van der Waals surface area (Å²) in [6, 6.07) is 2.22. The summed E-state index contributed by atoms with van der Waals surface area (Å²) in [5.41, 5.74) is -1.86. The maximum Gasteiger partial charge on any atom is 0.435 e. The molecular formula is C21H27F3N6O2. The fraction of sp³-hybridized carbons (Fsp3) is 0.667. The Kier molecular flexibility index (Phi) is 5.87. The standard InChI is InChI=1S/C21H27F3N6O2/c1-19(2,3)16(27-13-7-6-12(28-29-13)21(22,23)24)18(32)30-10-11-14(20(11,4)5)15(30)17(31)26-9-8-25/h6-7,11,14-16H,9-10H2,1-5H3,(H,26,31)(H,27,29)/t11-,14-,15-,16+/m0/s1. The van der Waals surface area contributed by atoms with Crippen LogP contribution in [0.5, 0.6) is 0 Å². The molecule has 1 aromatic heterocycles. The number of nitrogens with zero attached hydrogens (tertiary/aromatic N) is 4. The molecule has 1 aromatic rings. The second-order valence-electron chi connectivity index (χ2n) is 10.0. The summed E-state index contributed by atoms with van der Waals surface area (Å²) in [7, 11) is 0. The first-order valence-corrected chi connectivity index (χ1v) is 10.3. The third kappa shape index (κ3) is 4.36. The van der Waals surface area contributed by atoms with Crippen LogP contribution in [0.2, 0.25) is 0 Å². The lowest BCUT2D eigenvalue weighted by atomic mass is 9.85. The number of rotatable bonds is 5. The van der Waals surface area contributed by atoms with Gasteiger partial charge in [0, 0.05) is 6.54 Å². The lowest BCUT2D eigenvalue weighted by molar-refractivity contribution is -0.142. The van der Waals surface area contributed by atoms with E-state index in [-0.39, 0.29) is 41.4 Å². The fourth-order valence-corrected chi connectivity index (χ4v) is 4.57. The summed E-state index contributed by atoms with van der Waals surface area (Å²) >= 11 is 0. The van der Waals surface area contributed by atoms with Crippen LogP contribution in [-0.4, -0.2) is 52.1 Å². The molecular weight excluding hydrogens is 425 g/mol.